The second-order valence-electron chi connectivity index (χ2n) is 3.80. The van der Waals surface area contributed by atoms with Gasteiger partial charge >= 0.3 is 0 Å². The average molecular weight is 272 g/mol. The lowest BCUT2D eigenvalue weighted by Gasteiger charge is -2.04. The van der Waals surface area contributed by atoms with Gasteiger partial charge in [-0.2, -0.15) is 5.26 Å². The van der Waals surface area contributed by atoms with Crippen molar-refractivity contribution in [2.75, 3.05) is 12.1 Å². The van der Waals surface area contributed by atoms with Crippen LogP contribution >= 0.6 is 11.3 Å². The molecule has 0 unspecified atom stereocenters. The van der Waals surface area contributed by atoms with Crippen LogP contribution in [0.4, 0.5) is 5.00 Å². The highest BCUT2D eigenvalue weighted by molar-refractivity contribution is 7.14. The zero-order valence-electron chi connectivity index (χ0n) is 9.67. The van der Waals surface area contributed by atoms with Crippen LogP contribution < -0.4 is 14.8 Å². The minimum atomic E-state index is -0.280. The van der Waals surface area contributed by atoms with Crippen molar-refractivity contribution in [3.63, 3.8) is 0 Å². The van der Waals surface area contributed by atoms with Crippen LogP contribution in [0.1, 0.15) is 15.9 Å². The quantitative estimate of drug-likeness (QED) is 0.912. The van der Waals surface area contributed by atoms with E-state index in [1.807, 2.05) is 6.07 Å². The van der Waals surface area contributed by atoms with E-state index in [9.17, 15) is 4.79 Å². The Labute approximate surface area is 113 Å². The lowest BCUT2D eigenvalue weighted by atomic mass is 10.2. The zero-order chi connectivity index (χ0) is 13.2. The highest BCUT2D eigenvalue weighted by Gasteiger charge is 2.17. The first-order valence-electron chi connectivity index (χ1n) is 5.46. The van der Waals surface area contributed by atoms with E-state index in [1.54, 1.807) is 29.6 Å². The summed E-state index contributed by atoms with van der Waals surface area (Å²) in [4.78, 5) is 12.1. The number of nitrogens with zero attached hydrogens (tertiary/aromatic N) is 1. The van der Waals surface area contributed by atoms with E-state index >= 15 is 0 Å². The Morgan fingerprint density at radius 2 is 2.16 bits per heavy atom. The number of fused-ring (bicyclic) bond motifs is 1. The molecule has 0 aliphatic carbocycles. The number of carbonyl (C=O) groups is 1. The summed E-state index contributed by atoms with van der Waals surface area (Å²) in [6.07, 6.45) is 0. The van der Waals surface area contributed by atoms with Gasteiger partial charge in [0.15, 0.2) is 11.5 Å². The van der Waals surface area contributed by atoms with E-state index in [4.69, 9.17) is 14.7 Å². The molecule has 6 heteroatoms. The van der Waals surface area contributed by atoms with E-state index in [2.05, 4.69) is 5.32 Å². The molecule has 0 saturated carbocycles. The Morgan fingerprint density at radius 3 is 3.00 bits per heavy atom. The van der Waals surface area contributed by atoms with Crippen molar-refractivity contribution in [3.05, 3.63) is 40.8 Å². The Hall–Kier alpha value is -2.52. The number of hydrogen-bond acceptors (Lipinski definition) is 5. The molecule has 5 nitrogen and oxygen atoms in total. The van der Waals surface area contributed by atoms with E-state index in [1.165, 1.54) is 11.3 Å². The molecule has 0 fully saturated rings. The summed E-state index contributed by atoms with van der Waals surface area (Å²) >= 11 is 1.31. The molecule has 0 atom stereocenters. The van der Waals surface area contributed by atoms with Gasteiger partial charge in [-0.25, -0.2) is 0 Å². The lowest BCUT2D eigenvalue weighted by molar-refractivity contribution is 0.102. The van der Waals surface area contributed by atoms with Gasteiger partial charge in [0.25, 0.3) is 5.91 Å². The lowest BCUT2D eigenvalue weighted by Crippen LogP contribution is -2.11. The third kappa shape index (κ3) is 2.11. The third-order valence-corrected chi connectivity index (χ3v) is 3.48. The fraction of sp³-hybridized carbons (Fsp3) is 0.0769. The second-order valence-corrected chi connectivity index (χ2v) is 4.71. The van der Waals surface area contributed by atoms with Crippen molar-refractivity contribution in [2.45, 2.75) is 0 Å². The van der Waals surface area contributed by atoms with Crippen LogP contribution in [0, 0.1) is 11.3 Å². The Morgan fingerprint density at radius 1 is 1.32 bits per heavy atom. The molecule has 2 aromatic rings. The SMILES string of the molecule is N#Cc1ccsc1NC(=O)c1ccc2c(c1)OCO2. The average Bonchev–Trinajstić information content (AvgIpc) is 3.05. The zero-order valence-corrected chi connectivity index (χ0v) is 10.5. The summed E-state index contributed by atoms with van der Waals surface area (Å²) < 4.78 is 10.4. The number of rotatable bonds is 2. The van der Waals surface area contributed by atoms with E-state index in [0.29, 0.717) is 27.6 Å². The molecule has 1 aromatic carbocycles. The molecular formula is C13H8N2O3S. The first-order chi connectivity index (χ1) is 9.28. The van der Waals surface area contributed by atoms with Crippen molar-refractivity contribution in [2.24, 2.45) is 0 Å². The number of nitriles is 1. The van der Waals surface area contributed by atoms with Crippen LogP contribution in [0.2, 0.25) is 0 Å². The number of amides is 1. The number of benzene rings is 1. The molecule has 2 heterocycles. The van der Waals surface area contributed by atoms with Crippen molar-refractivity contribution in [1.82, 2.24) is 0 Å². The predicted molar refractivity (Wildman–Crippen MR) is 69.6 cm³/mol. The van der Waals surface area contributed by atoms with Gasteiger partial charge in [0.1, 0.15) is 11.1 Å². The highest BCUT2D eigenvalue weighted by atomic mass is 32.1. The molecule has 94 valence electrons. The summed E-state index contributed by atoms with van der Waals surface area (Å²) in [5.74, 6) is 0.905. The first-order valence-corrected chi connectivity index (χ1v) is 6.34. The molecular weight excluding hydrogens is 264 g/mol. The van der Waals surface area contributed by atoms with Crippen LogP contribution in [0.5, 0.6) is 11.5 Å². The van der Waals surface area contributed by atoms with Gasteiger partial charge in [0.05, 0.1) is 5.56 Å². The maximum Gasteiger partial charge on any atom is 0.256 e. The van der Waals surface area contributed by atoms with Gasteiger partial charge in [0.2, 0.25) is 6.79 Å². The molecule has 1 amide bonds. The summed E-state index contributed by atoms with van der Waals surface area (Å²) in [5.41, 5.74) is 0.917. The minimum Gasteiger partial charge on any atom is -0.454 e. The molecule has 0 spiro atoms. The maximum atomic E-state index is 12.1. The molecule has 3 rings (SSSR count). The van der Waals surface area contributed by atoms with Crippen LogP contribution in [0.3, 0.4) is 0 Å². The fourth-order valence-corrected chi connectivity index (χ4v) is 2.44. The largest absolute Gasteiger partial charge is 0.454 e. The van der Waals surface area contributed by atoms with E-state index in [0.717, 1.165) is 0 Å². The summed E-state index contributed by atoms with van der Waals surface area (Å²) in [6, 6.07) is 8.66. The monoisotopic (exact) mass is 272 g/mol. The maximum absolute atomic E-state index is 12.1. The molecule has 1 aliphatic rings. The number of hydrogen-bond donors (Lipinski definition) is 1. The number of nitrogens with one attached hydrogen (secondary N) is 1. The summed E-state index contributed by atoms with van der Waals surface area (Å²) in [5, 5.41) is 13.9. The van der Waals surface area contributed by atoms with E-state index in [-0.39, 0.29) is 12.7 Å². The van der Waals surface area contributed by atoms with Gasteiger partial charge in [0, 0.05) is 5.56 Å². The number of anilines is 1. The Bertz CT molecular complexity index is 687. The van der Waals surface area contributed by atoms with Crippen LogP contribution in [0.25, 0.3) is 0 Å². The summed E-state index contributed by atoms with van der Waals surface area (Å²) in [7, 11) is 0. The predicted octanol–water partition coefficient (Wildman–Crippen LogP) is 2.60. The van der Waals surface area contributed by atoms with Gasteiger partial charge in [-0.15, -0.1) is 11.3 Å². The van der Waals surface area contributed by atoms with Crippen molar-refractivity contribution < 1.29 is 14.3 Å². The molecule has 0 saturated heterocycles. The standard InChI is InChI=1S/C13H8N2O3S/c14-6-9-3-4-19-13(9)15-12(16)8-1-2-10-11(5-8)18-7-17-10/h1-5H,7H2,(H,15,16). The van der Waals surface area contributed by atoms with Gasteiger partial charge in [-0.05, 0) is 29.6 Å². The normalized spacial score (nSPS) is 11.9. The van der Waals surface area contributed by atoms with Crippen LogP contribution in [0.15, 0.2) is 29.6 Å². The smallest absolute Gasteiger partial charge is 0.256 e. The highest BCUT2D eigenvalue weighted by Crippen LogP contribution is 2.33. The van der Waals surface area contributed by atoms with Crippen molar-refractivity contribution >= 4 is 22.2 Å². The first kappa shape index (κ1) is 11.6. The fourth-order valence-electron chi connectivity index (χ4n) is 1.71. The van der Waals surface area contributed by atoms with E-state index < -0.39 is 0 Å². The van der Waals surface area contributed by atoms with Crippen molar-refractivity contribution in [3.8, 4) is 17.6 Å². The molecule has 0 bridgehead atoms. The van der Waals surface area contributed by atoms with Crippen LogP contribution in [-0.4, -0.2) is 12.7 Å². The molecule has 1 aliphatic heterocycles. The minimum absolute atomic E-state index is 0.171. The number of thiophene rings is 1. The third-order valence-electron chi connectivity index (χ3n) is 2.65. The van der Waals surface area contributed by atoms with Crippen LogP contribution in [-0.2, 0) is 0 Å². The topological polar surface area (TPSA) is 71.4 Å². The Balaban J connectivity index is 1.83. The number of carbonyl (C=O) groups excluding carboxylic acids is 1. The second kappa shape index (κ2) is 4.63. The molecule has 1 aromatic heterocycles. The summed E-state index contributed by atoms with van der Waals surface area (Å²) in [6.45, 7) is 0.171. The van der Waals surface area contributed by atoms with Gasteiger partial charge < -0.3 is 14.8 Å². The molecule has 0 radical (unpaired) electrons. The molecule has 19 heavy (non-hydrogen) atoms. The molecule has 1 N–H and O–H groups in total. The van der Waals surface area contributed by atoms with Gasteiger partial charge in [-0.3, -0.25) is 4.79 Å². The Kier molecular flexibility index (Phi) is 2.82. The van der Waals surface area contributed by atoms with Gasteiger partial charge in [-0.1, -0.05) is 0 Å². The van der Waals surface area contributed by atoms with Crippen molar-refractivity contribution in [1.29, 1.82) is 5.26 Å². The number of ether oxygens (including phenoxy) is 2.